The van der Waals surface area contributed by atoms with E-state index in [0.717, 1.165) is 41.0 Å². The Balaban J connectivity index is 0.000000176. The highest BCUT2D eigenvalue weighted by molar-refractivity contribution is 7.89. The maximum Gasteiger partial charge on any atom is 0.416 e. The summed E-state index contributed by atoms with van der Waals surface area (Å²) < 4.78 is 135. The molecule has 2 amide bonds. The molecule has 5 aliphatic rings. The third kappa shape index (κ3) is 9.34. The number of H-pyrrole nitrogens is 1. The van der Waals surface area contributed by atoms with Gasteiger partial charge >= 0.3 is 12.4 Å². The fraction of sp³-hybridized carbons (Fsp3) is 0.388. The van der Waals surface area contributed by atoms with Gasteiger partial charge in [0.15, 0.2) is 10.1 Å². The summed E-state index contributed by atoms with van der Waals surface area (Å²) in [5.41, 5.74) is 1.93. The van der Waals surface area contributed by atoms with E-state index in [1.165, 1.54) is 63.5 Å². The fourth-order valence-corrected chi connectivity index (χ4v) is 13.8. The SMILES string of the molecule is CC1C=CC2=C1CC(NC(=O)c1ccc(C(F)(F)F)cc1)C21CCN(S(=O)(=O)c2cn(C)cn2)CC1.O=C(NC1Cc2ccccc2C12CCN(S(=O)(=O)c1cnc[nH]1)CC2)c1cccc(C(F)(F)F)c1. The van der Waals surface area contributed by atoms with Crippen LogP contribution >= 0.6 is 0 Å². The largest absolute Gasteiger partial charge is 0.416 e. The summed E-state index contributed by atoms with van der Waals surface area (Å²) in [6.45, 7) is 3.14. The van der Waals surface area contributed by atoms with E-state index in [4.69, 9.17) is 0 Å². The maximum absolute atomic E-state index is 13.1. The zero-order chi connectivity index (χ0) is 50.7. The Morgan fingerprint density at radius 1 is 0.732 bits per heavy atom. The second-order valence-electron chi connectivity index (χ2n) is 18.8. The number of carbonyl (C=O) groups excluding carboxylic acids is 2. The third-order valence-corrected chi connectivity index (χ3v) is 18.5. The highest BCUT2D eigenvalue weighted by atomic mass is 32.2. The van der Waals surface area contributed by atoms with Gasteiger partial charge in [-0.3, -0.25) is 9.59 Å². The van der Waals surface area contributed by atoms with Gasteiger partial charge in [-0.05, 0) is 104 Å². The van der Waals surface area contributed by atoms with Crippen molar-refractivity contribution in [3.8, 4) is 0 Å². The van der Waals surface area contributed by atoms with E-state index in [9.17, 15) is 52.8 Å². The summed E-state index contributed by atoms with van der Waals surface area (Å²) >= 11 is 0. The molecule has 14 nitrogen and oxygen atoms in total. The average molecular weight is 1030 g/mol. The van der Waals surface area contributed by atoms with Gasteiger partial charge in [-0.2, -0.15) is 35.0 Å². The number of piperidine rings is 2. The molecule has 3 N–H and O–H groups in total. The molecule has 2 saturated heterocycles. The number of hydrogen-bond donors (Lipinski definition) is 3. The molecule has 0 saturated carbocycles. The molecule has 10 rings (SSSR count). The highest BCUT2D eigenvalue weighted by Gasteiger charge is 2.53. The summed E-state index contributed by atoms with van der Waals surface area (Å²) in [5.74, 6) is -0.796. The number of aryl methyl sites for hydroxylation is 1. The first kappa shape index (κ1) is 49.9. The van der Waals surface area contributed by atoms with E-state index >= 15 is 0 Å². The number of carbonyl (C=O) groups is 2. The topological polar surface area (TPSA) is 179 Å². The number of aromatic nitrogens is 4. The van der Waals surface area contributed by atoms with Crippen LogP contribution in [0.25, 0.3) is 0 Å². The second-order valence-corrected chi connectivity index (χ2v) is 22.6. The summed E-state index contributed by atoms with van der Waals surface area (Å²) in [4.78, 5) is 36.5. The minimum absolute atomic E-state index is 0.00816. The lowest BCUT2D eigenvalue weighted by Gasteiger charge is -2.44. The predicted octanol–water partition coefficient (Wildman–Crippen LogP) is 7.42. The zero-order valence-electron chi connectivity index (χ0n) is 38.5. The molecule has 2 spiro atoms. The average Bonchev–Trinajstić information content (AvgIpc) is 4.20. The van der Waals surface area contributed by atoms with Crippen LogP contribution in [-0.2, 0) is 51.3 Å². The molecule has 2 aromatic heterocycles. The van der Waals surface area contributed by atoms with Gasteiger partial charge in [0.05, 0.1) is 30.0 Å². The van der Waals surface area contributed by atoms with E-state index < -0.39 is 66.2 Å². The lowest BCUT2D eigenvalue weighted by molar-refractivity contribution is -0.138. The molecule has 4 heterocycles. The standard InChI is InChI=1S/C25H27F3N4O3S.C24H23F3N4O3S/c1-16-3-8-20-19(16)13-21(30-23(33)17-4-6-18(7-5-17)25(26,27)28)24(20)9-11-32(12-10-24)36(34,35)22-14-31(2)15-29-22;25-24(26,27)18-6-3-5-17(12-18)22(32)30-20-13-16-4-1-2-7-19(16)23(20)8-10-31(11-9-23)35(33,34)21-14-28-15-29-21/h3-8,14-16,21H,9-13H2,1-2H3,(H,30,33);1-7,12,14-15,20H,8-11,13H2,(H,28,29)(H,30,32). The molecule has 0 radical (unpaired) electrons. The van der Waals surface area contributed by atoms with Crippen molar-refractivity contribution < 1.29 is 52.8 Å². The van der Waals surface area contributed by atoms with Crippen LogP contribution in [0.1, 0.15) is 82.0 Å². The smallest absolute Gasteiger partial charge is 0.348 e. The van der Waals surface area contributed by atoms with Crippen LogP contribution in [0.15, 0.2) is 131 Å². The first-order valence-corrected chi connectivity index (χ1v) is 25.8. The fourth-order valence-electron chi connectivity index (χ4n) is 11.1. The molecule has 3 atom stereocenters. The Labute approximate surface area is 406 Å². The molecular weight excluding hydrogens is 975 g/mol. The van der Waals surface area contributed by atoms with Gasteiger partial charge in [-0.15, -0.1) is 0 Å². The quantitative estimate of drug-likeness (QED) is 0.134. The van der Waals surface area contributed by atoms with Gasteiger partial charge in [0.25, 0.3) is 31.9 Å². The Kier molecular flexibility index (Phi) is 13.0. The number of hydrogen-bond acceptors (Lipinski definition) is 8. The summed E-state index contributed by atoms with van der Waals surface area (Å²) in [7, 11) is -5.75. The van der Waals surface area contributed by atoms with Gasteiger partial charge < -0.3 is 20.2 Å². The van der Waals surface area contributed by atoms with Gasteiger partial charge in [0, 0.05) is 73.5 Å². The summed E-state index contributed by atoms with van der Waals surface area (Å²) in [5, 5.41) is 6.08. The number of nitrogens with one attached hydrogen (secondary N) is 3. The molecule has 2 aliphatic heterocycles. The molecule has 376 valence electrons. The molecular formula is C49H50F6N8O6S2. The van der Waals surface area contributed by atoms with Crippen molar-refractivity contribution in [3.63, 3.8) is 0 Å². The monoisotopic (exact) mass is 1020 g/mol. The van der Waals surface area contributed by atoms with Crippen molar-refractivity contribution in [2.45, 2.75) is 85.4 Å². The number of sulfonamides is 2. The number of allylic oxidation sites excluding steroid dienone is 2. The molecule has 3 aliphatic carbocycles. The third-order valence-electron chi connectivity index (χ3n) is 14.9. The molecule has 5 aromatic rings. The van der Waals surface area contributed by atoms with E-state index in [1.54, 1.807) is 11.6 Å². The Morgan fingerprint density at radius 2 is 1.34 bits per heavy atom. The first-order chi connectivity index (χ1) is 33.5. The van der Waals surface area contributed by atoms with E-state index in [1.807, 2.05) is 24.3 Å². The Hall–Kier alpha value is -6.10. The highest BCUT2D eigenvalue weighted by Crippen LogP contribution is 2.55. The van der Waals surface area contributed by atoms with Gasteiger partial charge in [-0.1, -0.05) is 55.0 Å². The lowest BCUT2D eigenvalue weighted by Crippen LogP contribution is -2.54. The molecule has 0 bridgehead atoms. The van der Waals surface area contributed by atoms with Crippen LogP contribution in [0.2, 0.25) is 0 Å². The van der Waals surface area contributed by atoms with Crippen LogP contribution in [0.4, 0.5) is 26.3 Å². The van der Waals surface area contributed by atoms with Crippen molar-refractivity contribution in [1.82, 2.24) is 38.8 Å². The maximum atomic E-state index is 13.1. The first-order valence-electron chi connectivity index (χ1n) is 23.0. The van der Waals surface area contributed by atoms with E-state index in [0.29, 0.717) is 38.5 Å². The number of nitrogens with zero attached hydrogens (tertiary/aromatic N) is 5. The predicted molar refractivity (Wildman–Crippen MR) is 247 cm³/mol. The Morgan fingerprint density at radius 3 is 1.94 bits per heavy atom. The van der Waals surface area contributed by atoms with Crippen LogP contribution < -0.4 is 10.6 Å². The van der Waals surface area contributed by atoms with E-state index in [2.05, 4.69) is 44.7 Å². The molecule has 3 unspecified atom stereocenters. The van der Waals surface area contributed by atoms with Crippen molar-refractivity contribution in [2.24, 2.45) is 18.4 Å². The summed E-state index contributed by atoms with van der Waals surface area (Å²) in [6.07, 6.45) is 3.81. The second kappa shape index (κ2) is 18.5. The number of halogens is 6. The normalized spacial score (nSPS) is 22.0. The van der Waals surface area contributed by atoms with Gasteiger partial charge in [-0.25, -0.2) is 26.8 Å². The number of amides is 2. The van der Waals surface area contributed by atoms with Crippen LogP contribution in [0.3, 0.4) is 0 Å². The number of imidazole rings is 2. The number of fused-ring (bicyclic) bond motifs is 3. The van der Waals surface area contributed by atoms with Crippen LogP contribution in [0, 0.1) is 11.3 Å². The van der Waals surface area contributed by atoms with Crippen molar-refractivity contribution in [2.75, 3.05) is 26.2 Å². The summed E-state index contributed by atoms with van der Waals surface area (Å²) in [6, 6.07) is 15.7. The molecule has 71 heavy (non-hydrogen) atoms. The minimum atomic E-state index is -4.55. The van der Waals surface area contributed by atoms with Crippen molar-refractivity contribution >= 4 is 31.9 Å². The minimum Gasteiger partial charge on any atom is -0.348 e. The number of aromatic amines is 1. The Bertz CT molecular complexity index is 3120. The van der Waals surface area contributed by atoms with Crippen molar-refractivity contribution in [1.29, 1.82) is 0 Å². The van der Waals surface area contributed by atoms with Crippen LogP contribution in [-0.4, -0.2) is 95.0 Å². The number of benzene rings is 3. The van der Waals surface area contributed by atoms with Crippen LogP contribution in [0.5, 0.6) is 0 Å². The van der Waals surface area contributed by atoms with Gasteiger partial charge in [0.2, 0.25) is 0 Å². The van der Waals surface area contributed by atoms with Gasteiger partial charge in [0.1, 0.15) is 0 Å². The number of alkyl halides is 6. The van der Waals surface area contributed by atoms with E-state index in [-0.39, 0.29) is 65.4 Å². The zero-order valence-corrected chi connectivity index (χ0v) is 40.1. The van der Waals surface area contributed by atoms with Crippen molar-refractivity contribution in [3.05, 3.63) is 155 Å². The number of rotatable bonds is 8. The molecule has 3 aromatic carbocycles. The molecule has 22 heteroatoms. The lowest BCUT2D eigenvalue weighted by atomic mass is 9.70. The molecule has 2 fully saturated rings.